The van der Waals surface area contributed by atoms with Crippen molar-refractivity contribution in [3.8, 4) is 6.07 Å². The Kier molecular flexibility index (Phi) is 6.67. The van der Waals surface area contributed by atoms with Crippen molar-refractivity contribution in [2.45, 2.75) is 17.9 Å². The Bertz CT molecular complexity index is 682. The van der Waals surface area contributed by atoms with Gasteiger partial charge in [-0.15, -0.1) is 11.8 Å². The van der Waals surface area contributed by atoms with Gasteiger partial charge in [0.25, 0.3) is 0 Å². The molecule has 0 aromatic heterocycles. The summed E-state index contributed by atoms with van der Waals surface area (Å²) < 4.78 is 0. The maximum atomic E-state index is 12.1. The molecule has 0 radical (unpaired) electrons. The number of benzene rings is 2. The highest BCUT2D eigenvalue weighted by molar-refractivity contribution is 7.99. The lowest BCUT2D eigenvalue weighted by Gasteiger charge is -2.15. The lowest BCUT2D eigenvalue weighted by molar-refractivity contribution is -0.115. The topological polar surface area (TPSA) is 64.9 Å². The number of hydrogen-bond donors (Lipinski definition) is 2. The van der Waals surface area contributed by atoms with E-state index >= 15 is 0 Å². The molecule has 118 valence electrons. The molecule has 2 aromatic rings. The van der Waals surface area contributed by atoms with Gasteiger partial charge >= 0.3 is 0 Å². The first-order valence-corrected chi connectivity index (χ1v) is 8.36. The average molecular weight is 325 g/mol. The Morgan fingerprint density at radius 2 is 1.87 bits per heavy atom. The normalized spacial score (nSPS) is 11.5. The molecule has 0 saturated carbocycles. The predicted molar refractivity (Wildman–Crippen MR) is 94.3 cm³/mol. The monoisotopic (exact) mass is 325 g/mol. The summed E-state index contributed by atoms with van der Waals surface area (Å²) in [7, 11) is 0. The van der Waals surface area contributed by atoms with Gasteiger partial charge in [-0.25, -0.2) is 0 Å². The Hall–Kier alpha value is -2.29. The second-order valence-electron chi connectivity index (χ2n) is 5.00. The van der Waals surface area contributed by atoms with Gasteiger partial charge in [0.1, 0.15) is 0 Å². The van der Waals surface area contributed by atoms with Crippen molar-refractivity contribution in [1.82, 2.24) is 5.32 Å². The van der Waals surface area contributed by atoms with E-state index in [2.05, 4.69) is 16.7 Å². The van der Waals surface area contributed by atoms with Crippen molar-refractivity contribution in [2.75, 3.05) is 17.6 Å². The third-order valence-electron chi connectivity index (χ3n) is 3.32. The van der Waals surface area contributed by atoms with Crippen molar-refractivity contribution < 1.29 is 4.79 Å². The maximum Gasteiger partial charge on any atom is 0.238 e. The summed E-state index contributed by atoms with van der Waals surface area (Å²) in [5.74, 6) is 0.258. The molecule has 0 aliphatic rings. The van der Waals surface area contributed by atoms with Gasteiger partial charge in [-0.3, -0.25) is 4.79 Å². The zero-order valence-corrected chi connectivity index (χ0v) is 13.8. The number of carbonyl (C=O) groups is 1. The minimum atomic E-state index is -0.0993. The molecule has 0 heterocycles. The van der Waals surface area contributed by atoms with E-state index in [0.717, 1.165) is 16.1 Å². The molecular weight excluding hydrogens is 306 g/mol. The van der Waals surface area contributed by atoms with E-state index in [0.29, 0.717) is 5.75 Å². The average Bonchev–Trinajstić information content (AvgIpc) is 2.59. The van der Waals surface area contributed by atoms with E-state index in [-0.39, 0.29) is 18.5 Å². The lowest BCUT2D eigenvalue weighted by atomic mass is 10.1. The second-order valence-corrected chi connectivity index (χ2v) is 6.02. The van der Waals surface area contributed by atoms with Gasteiger partial charge in [0.05, 0.1) is 24.1 Å². The minimum absolute atomic E-state index is 0.0993. The molecule has 0 unspecified atom stereocenters. The van der Waals surface area contributed by atoms with Crippen LogP contribution < -0.4 is 10.6 Å². The van der Waals surface area contributed by atoms with E-state index in [1.807, 2.05) is 61.5 Å². The quantitative estimate of drug-likeness (QED) is 0.764. The molecule has 0 spiro atoms. The first kappa shape index (κ1) is 17.1. The number of anilines is 1. The smallest absolute Gasteiger partial charge is 0.238 e. The van der Waals surface area contributed by atoms with Crippen LogP contribution >= 0.6 is 11.8 Å². The van der Waals surface area contributed by atoms with Crippen molar-refractivity contribution in [1.29, 1.82) is 5.26 Å². The molecule has 4 nitrogen and oxygen atoms in total. The molecule has 0 aliphatic carbocycles. The number of nitrogens with one attached hydrogen (secondary N) is 2. The Labute approximate surface area is 140 Å². The molecule has 2 N–H and O–H groups in total. The third kappa shape index (κ3) is 5.44. The van der Waals surface area contributed by atoms with Crippen LogP contribution in [-0.2, 0) is 4.79 Å². The van der Waals surface area contributed by atoms with Crippen LogP contribution in [0, 0.1) is 11.3 Å². The molecule has 0 saturated heterocycles. The summed E-state index contributed by atoms with van der Waals surface area (Å²) >= 11 is 1.41. The van der Waals surface area contributed by atoms with Gasteiger partial charge < -0.3 is 10.6 Å². The van der Waals surface area contributed by atoms with Crippen LogP contribution in [0.25, 0.3) is 0 Å². The molecule has 2 aromatic carbocycles. The molecule has 1 amide bonds. The Morgan fingerprint density at radius 3 is 2.61 bits per heavy atom. The van der Waals surface area contributed by atoms with Gasteiger partial charge in [0.15, 0.2) is 0 Å². The van der Waals surface area contributed by atoms with Gasteiger partial charge in [-0.05, 0) is 24.6 Å². The number of rotatable bonds is 7. The number of hydrogen-bond acceptors (Lipinski definition) is 4. The Balaban J connectivity index is 1.89. The number of para-hydroxylation sites is 1. The van der Waals surface area contributed by atoms with E-state index in [9.17, 15) is 4.79 Å². The van der Waals surface area contributed by atoms with Crippen LogP contribution in [-0.4, -0.2) is 18.2 Å². The van der Waals surface area contributed by atoms with Gasteiger partial charge in [-0.1, -0.05) is 42.5 Å². The molecule has 1 atom stereocenters. The Morgan fingerprint density at radius 1 is 1.17 bits per heavy atom. The molecule has 23 heavy (non-hydrogen) atoms. The largest absolute Gasteiger partial charge is 0.324 e. The zero-order chi connectivity index (χ0) is 16.5. The van der Waals surface area contributed by atoms with Crippen LogP contribution in [0.5, 0.6) is 0 Å². The summed E-state index contributed by atoms with van der Waals surface area (Å²) in [6.45, 7) is 2.26. The van der Waals surface area contributed by atoms with Crippen LogP contribution in [0.15, 0.2) is 59.5 Å². The van der Waals surface area contributed by atoms with Crippen LogP contribution in [0.2, 0.25) is 0 Å². The summed E-state index contributed by atoms with van der Waals surface area (Å²) in [5.41, 5.74) is 1.89. The molecule has 5 heteroatoms. The van der Waals surface area contributed by atoms with Gasteiger partial charge in [-0.2, -0.15) is 5.26 Å². The maximum absolute atomic E-state index is 12.1. The molecule has 0 aliphatic heterocycles. The van der Waals surface area contributed by atoms with Gasteiger partial charge in [0.2, 0.25) is 5.91 Å². The van der Waals surface area contributed by atoms with Crippen molar-refractivity contribution >= 4 is 23.4 Å². The van der Waals surface area contributed by atoms with Crippen molar-refractivity contribution in [2.24, 2.45) is 0 Å². The standard InChI is InChI=1S/C18H19N3OS/c1-14(15-7-3-2-4-8-15)20-13-18(22)21-16-9-5-6-10-17(16)23-12-11-19/h2-10,14,20H,12-13H2,1H3,(H,21,22)/t14-/m0/s1. The third-order valence-corrected chi connectivity index (χ3v) is 4.26. The van der Waals surface area contributed by atoms with E-state index < -0.39 is 0 Å². The summed E-state index contributed by atoms with van der Waals surface area (Å²) in [6.07, 6.45) is 0. The van der Waals surface area contributed by atoms with Crippen LogP contribution in [0.4, 0.5) is 5.69 Å². The van der Waals surface area contributed by atoms with E-state index in [1.54, 1.807) is 0 Å². The number of thioether (sulfide) groups is 1. The highest BCUT2D eigenvalue weighted by Crippen LogP contribution is 2.26. The van der Waals surface area contributed by atoms with Crippen molar-refractivity contribution in [3.05, 3.63) is 60.2 Å². The molecule has 0 fully saturated rings. The van der Waals surface area contributed by atoms with Crippen LogP contribution in [0.1, 0.15) is 18.5 Å². The number of carbonyl (C=O) groups excluding carboxylic acids is 1. The number of nitrogens with zero attached hydrogens (tertiary/aromatic N) is 1. The number of nitriles is 1. The molecular formula is C18H19N3OS. The fourth-order valence-electron chi connectivity index (χ4n) is 2.11. The molecule has 2 rings (SSSR count). The lowest BCUT2D eigenvalue weighted by Crippen LogP contribution is -2.30. The van der Waals surface area contributed by atoms with Crippen molar-refractivity contribution in [3.63, 3.8) is 0 Å². The van der Waals surface area contributed by atoms with E-state index in [1.165, 1.54) is 11.8 Å². The minimum Gasteiger partial charge on any atom is -0.324 e. The molecule has 0 bridgehead atoms. The van der Waals surface area contributed by atoms with Crippen LogP contribution in [0.3, 0.4) is 0 Å². The zero-order valence-electron chi connectivity index (χ0n) is 13.0. The summed E-state index contributed by atoms with van der Waals surface area (Å²) in [6, 6.07) is 19.7. The fourth-order valence-corrected chi connectivity index (χ4v) is 2.77. The first-order chi connectivity index (χ1) is 11.2. The van der Waals surface area contributed by atoms with Gasteiger partial charge in [0, 0.05) is 10.9 Å². The SMILES string of the molecule is C[C@H](NCC(=O)Nc1ccccc1SCC#N)c1ccccc1. The summed E-state index contributed by atoms with van der Waals surface area (Å²) in [5, 5.41) is 14.8. The number of amides is 1. The highest BCUT2D eigenvalue weighted by atomic mass is 32.2. The highest BCUT2D eigenvalue weighted by Gasteiger charge is 2.09. The fraction of sp³-hybridized carbons (Fsp3) is 0.222. The predicted octanol–water partition coefficient (Wildman–Crippen LogP) is 3.59. The first-order valence-electron chi connectivity index (χ1n) is 7.37. The van der Waals surface area contributed by atoms with E-state index in [4.69, 9.17) is 5.26 Å². The summed E-state index contributed by atoms with van der Waals surface area (Å²) in [4.78, 5) is 13.0. The second kappa shape index (κ2) is 8.99.